The summed E-state index contributed by atoms with van der Waals surface area (Å²) in [5.74, 6) is 0.0987. The van der Waals surface area contributed by atoms with Crippen LogP contribution in [0.1, 0.15) is 10.4 Å². The van der Waals surface area contributed by atoms with Crippen LogP contribution in [0.15, 0.2) is 41.3 Å². The molecule has 0 saturated heterocycles. The van der Waals surface area contributed by atoms with Gasteiger partial charge in [0.1, 0.15) is 11.5 Å². The lowest BCUT2D eigenvalue weighted by molar-refractivity contribution is 0.102. The highest BCUT2D eigenvalue weighted by Gasteiger charge is 2.18. The van der Waals surface area contributed by atoms with Crippen molar-refractivity contribution in [3.8, 4) is 11.5 Å². The van der Waals surface area contributed by atoms with Crippen molar-refractivity contribution in [3.05, 3.63) is 47.0 Å². The van der Waals surface area contributed by atoms with Gasteiger partial charge in [0.15, 0.2) is 0 Å². The normalized spacial score (nSPS) is 11.0. The van der Waals surface area contributed by atoms with Gasteiger partial charge in [0.05, 0.1) is 29.7 Å². The number of nitrogens with one attached hydrogen (secondary N) is 1. The van der Waals surface area contributed by atoms with E-state index >= 15 is 0 Å². The number of amides is 1. The molecular weight excluding hydrogens is 356 g/mol. The van der Waals surface area contributed by atoms with Crippen LogP contribution in [0.25, 0.3) is 0 Å². The first-order valence-electron chi connectivity index (χ1n) is 6.62. The molecule has 128 valence electrons. The Kier molecular flexibility index (Phi) is 5.33. The Balaban J connectivity index is 2.37. The summed E-state index contributed by atoms with van der Waals surface area (Å²) in [6.45, 7) is 0. The van der Waals surface area contributed by atoms with Crippen LogP contribution in [0.3, 0.4) is 0 Å². The zero-order chi connectivity index (χ0) is 17.9. The van der Waals surface area contributed by atoms with E-state index in [2.05, 4.69) is 5.32 Å². The summed E-state index contributed by atoms with van der Waals surface area (Å²) < 4.78 is 33.0. The molecule has 0 heterocycles. The maximum atomic E-state index is 12.4. The molecule has 2 aromatic rings. The number of methoxy groups -OCH3 is 2. The quantitative estimate of drug-likeness (QED) is 0.839. The third kappa shape index (κ3) is 3.97. The number of hydrogen-bond donors (Lipinski definition) is 2. The highest BCUT2D eigenvalue weighted by molar-refractivity contribution is 7.89. The molecule has 0 aromatic heterocycles. The van der Waals surface area contributed by atoms with Gasteiger partial charge in [-0.25, -0.2) is 13.6 Å². The molecule has 0 aliphatic rings. The predicted octanol–water partition coefficient (Wildman–Crippen LogP) is 2.26. The molecule has 1 amide bonds. The molecule has 3 N–H and O–H groups in total. The van der Waals surface area contributed by atoms with Crippen LogP contribution in [0, 0.1) is 0 Å². The van der Waals surface area contributed by atoms with Gasteiger partial charge in [0.2, 0.25) is 10.0 Å². The van der Waals surface area contributed by atoms with Crippen molar-refractivity contribution in [2.24, 2.45) is 5.14 Å². The minimum atomic E-state index is -3.95. The molecular formula is C15H15ClN2O5S. The first-order chi connectivity index (χ1) is 11.3. The largest absolute Gasteiger partial charge is 0.496 e. The van der Waals surface area contributed by atoms with Crippen LogP contribution in [-0.2, 0) is 10.0 Å². The van der Waals surface area contributed by atoms with Gasteiger partial charge in [-0.05, 0) is 36.4 Å². The van der Waals surface area contributed by atoms with Crippen molar-refractivity contribution in [1.82, 2.24) is 0 Å². The van der Waals surface area contributed by atoms with Crippen LogP contribution in [-0.4, -0.2) is 28.5 Å². The van der Waals surface area contributed by atoms with Crippen LogP contribution in [0.2, 0.25) is 5.02 Å². The average molecular weight is 371 g/mol. The number of halogens is 1. The van der Waals surface area contributed by atoms with Crippen LogP contribution < -0.4 is 19.9 Å². The molecule has 0 aliphatic carbocycles. The summed E-state index contributed by atoms with van der Waals surface area (Å²) in [5.41, 5.74) is 0.435. The van der Waals surface area contributed by atoms with E-state index in [0.717, 1.165) is 6.07 Å². The third-order valence-electron chi connectivity index (χ3n) is 3.15. The number of carbonyl (C=O) groups excluding carboxylic acids is 1. The molecule has 0 atom stereocenters. The maximum Gasteiger partial charge on any atom is 0.259 e. The fourth-order valence-corrected chi connectivity index (χ4v) is 2.78. The van der Waals surface area contributed by atoms with Gasteiger partial charge in [0.25, 0.3) is 5.91 Å². The predicted molar refractivity (Wildman–Crippen MR) is 90.3 cm³/mol. The van der Waals surface area contributed by atoms with E-state index in [1.807, 2.05) is 0 Å². The summed E-state index contributed by atoms with van der Waals surface area (Å²) in [7, 11) is -1.10. The van der Waals surface area contributed by atoms with Crippen LogP contribution in [0.4, 0.5) is 5.69 Å². The maximum absolute atomic E-state index is 12.4. The number of ether oxygens (including phenoxy) is 2. The lowest BCUT2D eigenvalue weighted by Crippen LogP contribution is -2.16. The van der Waals surface area contributed by atoms with E-state index in [1.54, 1.807) is 12.1 Å². The molecule has 0 aliphatic heterocycles. The van der Waals surface area contributed by atoms with E-state index < -0.39 is 15.9 Å². The number of rotatable bonds is 5. The zero-order valence-corrected chi connectivity index (χ0v) is 14.4. The first-order valence-corrected chi connectivity index (χ1v) is 8.54. The van der Waals surface area contributed by atoms with Crippen molar-refractivity contribution in [3.63, 3.8) is 0 Å². The Morgan fingerprint density at radius 1 is 1.08 bits per heavy atom. The van der Waals surface area contributed by atoms with E-state index in [9.17, 15) is 13.2 Å². The van der Waals surface area contributed by atoms with Crippen molar-refractivity contribution >= 4 is 33.2 Å². The van der Waals surface area contributed by atoms with Gasteiger partial charge < -0.3 is 14.8 Å². The van der Waals surface area contributed by atoms with E-state index in [1.165, 1.54) is 32.4 Å². The highest BCUT2D eigenvalue weighted by atomic mass is 35.5. The van der Waals surface area contributed by atoms with Gasteiger partial charge in [-0.2, -0.15) is 0 Å². The number of anilines is 1. The Morgan fingerprint density at radius 3 is 2.25 bits per heavy atom. The van der Waals surface area contributed by atoms with Gasteiger partial charge in [-0.1, -0.05) is 11.6 Å². The first kappa shape index (κ1) is 18.1. The van der Waals surface area contributed by atoms with Crippen molar-refractivity contribution in [1.29, 1.82) is 0 Å². The second-order valence-corrected chi connectivity index (χ2v) is 6.68. The number of nitrogens with two attached hydrogens (primary N) is 1. The summed E-state index contributed by atoms with van der Waals surface area (Å²) in [4.78, 5) is 12.2. The van der Waals surface area contributed by atoms with Crippen molar-refractivity contribution in [2.75, 3.05) is 19.5 Å². The molecule has 2 rings (SSSR count). The highest BCUT2D eigenvalue weighted by Crippen LogP contribution is 2.28. The molecule has 2 aromatic carbocycles. The molecule has 9 heteroatoms. The number of primary sulfonamides is 1. The van der Waals surface area contributed by atoms with Gasteiger partial charge in [-0.15, -0.1) is 0 Å². The van der Waals surface area contributed by atoms with E-state index in [4.69, 9.17) is 26.2 Å². The lowest BCUT2D eigenvalue weighted by Gasteiger charge is -2.11. The molecule has 0 bridgehead atoms. The molecule has 7 nitrogen and oxygen atoms in total. The Bertz CT molecular complexity index is 883. The minimum absolute atomic E-state index is 0.0240. The number of hydrogen-bond acceptors (Lipinski definition) is 5. The zero-order valence-electron chi connectivity index (χ0n) is 12.9. The molecule has 0 fully saturated rings. The summed E-state index contributed by atoms with van der Waals surface area (Å²) in [6, 6.07) is 8.46. The number of sulfonamides is 1. The van der Waals surface area contributed by atoms with Gasteiger partial charge >= 0.3 is 0 Å². The van der Waals surface area contributed by atoms with Crippen LogP contribution >= 0.6 is 11.6 Å². The summed E-state index contributed by atoms with van der Waals surface area (Å²) in [6.07, 6.45) is 0. The second kappa shape index (κ2) is 7.08. The summed E-state index contributed by atoms with van der Waals surface area (Å²) >= 11 is 6.01. The van der Waals surface area contributed by atoms with Crippen molar-refractivity contribution in [2.45, 2.75) is 4.90 Å². The van der Waals surface area contributed by atoms with E-state index in [-0.39, 0.29) is 16.2 Å². The van der Waals surface area contributed by atoms with E-state index in [0.29, 0.717) is 16.5 Å². The van der Waals surface area contributed by atoms with Crippen molar-refractivity contribution < 1.29 is 22.7 Å². The van der Waals surface area contributed by atoms with Gasteiger partial charge in [0, 0.05) is 5.69 Å². The average Bonchev–Trinajstić information content (AvgIpc) is 2.53. The lowest BCUT2D eigenvalue weighted by atomic mass is 10.2. The summed E-state index contributed by atoms with van der Waals surface area (Å²) in [5, 5.41) is 8.02. The minimum Gasteiger partial charge on any atom is -0.496 e. The Morgan fingerprint density at radius 2 is 1.71 bits per heavy atom. The molecule has 0 saturated carbocycles. The molecule has 0 unspecified atom stereocenters. The van der Waals surface area contributed by atoms with Gasteiger partial charge in [-0.3, -0.25) is 4.79 Å². The molecule has 0 spiro atoms. The third-order valence-corrected chi connectivity index (χ3v) is 4.36. The number of carbonyl (C=O) groups is 1. The number of benzene rings is 2. The fraction of sp³-hybridized carbons (Fsp3) is 0.133. The molecule has 24 heavy (non-hydrogen) atoms. The Hall–Kier alpha value is -2.29. The molecule has 0 radical (unpaired) electrons. The van der Waals surface area contributed by atoms with Crippen LogP contribution in [0.5, 0.6) is 11.5 Å². The SMILES string of the molecule is COc1ccc(NC(=O)c2cc(S(N)(=O)=O)ccc2OC)cc1Cl. The Labute approximate surface area is 144 Å². The second-order valence-electron chi connectivity index (χ2n) is 4.71. The standard InChI is InChI=1S/C15H15ClN2O5S/c1-22-13-6-4-10(24(17,20)21)8-11(13)15(19)18-9-3-5-14(23-2)12(16)7-9/h3-8H,1-2H3,(H,18,19)(H2,17,20,21). The monoisotopic (exact) mass is 370 g/mol. The topological polar surface area (TPSA) is 108 Å². The smallest absolute Gasteiger partial charge is 0.259 e. The fourth-order valence-electron chi connectivity index (χ4n) is 1.98.